The first-order valence-corrected chi connectivity index (χ1v) is 5.27. The van der Waals surface area contributed by atoms with E-state index in [1.54, 1.807) is 0 Å². The fraction of sp³-hybridized carbons (Fsp3) is 0.909. The lowest BCUT2D eigenvalue weighted by Crippen LogP contribution is -2.09. The van der Waals surface area contributed by atoms with Gasteiger partial charge in [-0.25, -0.2) is 0 Å². The van der Waals surface area contributed by atoms with Crippen LogP contribution in [0.5, 0.6) is 0 Å². The zero-order chi connectivity index (χ0) is 11.6. The number of carbonyl (C=O) groups is 1. The van der Waals surface area contributed by atoms with Gasteiger partial charge < -0.3 is 10.2 Å². The third-order valence-electron chi connectivity index (χ3n) is 1.63. The van der Waals surface area contributed by atoms with Gasteiger partial charge in [-0.3, -0.25) is 4.79 Å². The zero-order valence-corrected chi connectivity index (χ0v) is 9.79. The molecule has 0 bridgehead atoms. The van der Waals surface area contributed by atoms with Gasteiger partial charge in [-0.05, 0) is 18.8 Å². The second-order valence-electron chi connectivity index (χ2n) is 3.94. The highest BCUT2D eigenvalue weighted by Crippen LogP contribution is 2.09. The van der Waals surface area contributed by atoms with Crippen molar-refractivity contribution in [2.75, 3.05) is 0 Å². The lowest BCUT2D eigenvalue weighted by molar-refractivity contribution is -0.134. The summed E-state index contributed by atoms with van der Waals surface area (Å²) < 4.78 is 0. The van der Waals surface area contributed by atoms with Gasteiger partial charge in [0.15, 0.2) is 0 Å². The van der Waals surface area contributed by atoms with E-state index in [4.69, 9.17) is 9.90 Å². The summed E-state index contributed by atoms with van der Waals surface area (Å²) in [6.07, 6.45) is 4.23. The number of rotatable bonds is 5. The molecule has 0 aliphatic heterocycles. The van der Waals surface area contributed by atoms with Crippen LogP contribution in [0.25, 0.3) is 0 Å². The van der Waals surface area contributed by atoms with E-state index in [1.165, 1.54) is 6.42 Å². The smallest absolute Gasteiger partial charge is 0.300 e. The second-order valence-corrected chi connectivity index (χ2v) is 3.94. The van der Waals surface area contributed by atoms with Crippen molar-refractivity contribution in [1.29, 1.82) is 0 Å². The quantitative estimate of drug-likeness (QED) is 0.724. The Labute approximate surface area is 87.1 Å². The van der Waals surface area contributed by atoms with Crippen LogP contribution in [0.4, 0.5) is 0 Å². The van der Waals surface area contributed by atoms with E-state index in [1.807, 2.05) is 0 Å². The molecule has 1 atom stereocenters. The largest absolute Gasteiger partial charge is 0.481 e. The van der Waals surface area contributed by atoms with Crippen molar-refractivity contribution >= 4 is 5.97 Å². The Bertz CT molecular complexity index is 128. The summed E-state index contributed by atoms with van der Waals surface area (Å²) in [5.41, 5.74) is 0. The van der Waals surface area contributed by atoms with Crippen LogP contribution in [0.3, 0.4) is 0 Å². The van der Waals surface area contributed by atoms with Crippen molar-refractivity contribution in [2.45, 2.75) is 59.5 Å². The molecule has 3 heteroatoms. The second kappa shape index (κ2) is 10.5. The summed E-state index contributed by atoms with van der Waals surface area (Å²) >= 11 is 0. The first-order chi connectivity index (χ1) is 6.40. The van der Waals surface area contributed by atoms with Gasteiger partial charge in [-0.1, -0.05) is 33.6 Å². The first-order valence-electron chi connectivity index (χ1n) is 5.27. The Morgan fingerprint density at radius 3 is 2.07 bits per heavy atom. The zero-order valence-electron chi connectivity index (χ0n) is 9.79. The van der Waals surface area contributed by atoms with Crippen molar-refractivity contribution in [1.82, 2.24) is 0 Å². The van der Waals surface area contributed by atoms with Gasteiger partial charge >= 0.3 is 0 Å². The van der Waals surface area contributed by atoms with E-state index in [2.05, 4.69) is 20.8 Å². The van der Waals surface area contributed by atoms with Gasteiger partial charge in [0, 0.05) is 6.92 Å². The number of carboxylic acid groups (broad SMARTS) is 1. The SMILES string of the molecule is CC(=O)O.CCCC[C@H](O)CC(C)C. The summed E-state index contributed by atoms with van der Waals surface area (Å²) in [4.78, 5) is 9.00. The van der Waals surface area contributed by atoms with Crippen molar-refractivity contribution in [3.8, 4) is 0 Å². The maximum absolute atomic E-state index is 9.35. The van der Waals surface area contributed by atoms with Crippen molar-refractivity contribution in [3.63, 3.8) is 0 Å². The van der Waals surface area contributed by atoms with Crippen molar-refractivity contribution < 1.29 is 15.0 Å². The predicted octanol–water partition coefficient (Wildman–Crippen LogP) is 2.67. The number of unbranched alkanes of at least 4 members (excludes halogenated alkanes) is 1. The minimum atomic E-state index is -0.833. The van der Waals surface area contributed by atoms with E-state index in [0.717, 1.165) is 26.2 Å². The molecule has 0 aliphatic carbocycles. The monoisotopic (exact) mass is 204 g/mol. The first kappa shape index (κ1) is 15.9. The molecule has 0 aliphatic rings. The molecule has 0 saturated heterocycles. The van der Waals surface area contributed by atoms with Gasteiger partial charge in [0.2, 0.25) is 0 Å². The average molecular weight is 204 g/mol. The van der Waals surface area contributed by atoms with Gasteiger partial charge in [0.1, 0.15) is 0 Å². The third-order valence-corrected chi connectivity index (χ3v) is 1.63. The molecule has 0 amide bonds. The number of hydrogen-bond donors (Lipinski definition) is 2. The van der Waals surface area contributed by atoms with Crippen LogP contribution < -0.4 is 0 Å². The molecule has 14 heavy (non-hydrogen) atoms. The predicted molar refractivity (Wildman–Crippen MR) is 58.3 cm³/mol. The highest BCUT2D eigenvalue weighted by atomic mass is 16.4. The molecule has 0 saturated carbocycles. The van der Waals surface area contributed by atoms with Crippen LogP contribution in [0.15, 0.2) is 0 Å². The molecule has 0 fully saturated rings. The maximum atomic E-state index is 9.35. The van der Waals surface area contributed by atoms with E-state index in [0.29, 0.717) is 5.92 Å². The average Bonchev–Trinajstić information content (AvgIpc) is 1.98. The fourth-order valence-electron chi connectivity index (χ4n) is 1.10. The topological polar surface area (TPSA) is 57.5 Å². The lowest BCUT2D eigenvalue weighted by atomic mass is 10.0. The summed E-state index contributed by atoms with van der Waals surface area (Å²) in [6, 6.07) is 0. The molecule has 0 aromatic heterocycles. The van der Waals surface area contributed by atoms with Gasteiger partial charge in [0.25, 0.3) is 5.97 Å². The van der Waals surface area contributed by atoms with Crippen LogP contribution in [0.2, 0.25) is 0 Å². The molecular weight excluding hydrogens is 180 g/mol. The summed E-state index contributed by atoms with van der Waals surface area (Å²) in [7, 11) is 0. The van der Waals surface area contributed by atoms with Crippen LogP contribution in [0.1, 0.15) is 53.4 Å². The van der Waals surface area contributed by atoms with E-state index in [9.17, 15) is 5.11 Å². The molecule has 86 valence electrons. The Kier molecular flexibility index (Phi) is 11.9. The van der Waals surface area contributed by atoms with Crippen LogP contribution >= 0.6 is 0 Å². The number of carboxylic acids is 1. The summed E-state index contributed by atoms with van der Waals surface area (Å²) in [6.45, 7) is 7.53. The molecule has 0 heterocycles. The highest BCUT2D eigenvalue weighted by Gasteiger charge is 2.04. The molecule has 0 rings (SSSR count). The Hall–Kier alpha value is -0.570. The molecule has 0 aromatic carbocycles. The van der Waals surface area contributed by atoms with Crippen molar-refractivity contribution in [3.05, 3.63) is 0 Å². The summed E-state index contributed by atoms with van der Waals surface area (Å²) in [5, 5.41) is 16.8. The standard InChI is InChI=1S/C9H20O.C2H4O2/c1-4-5-6-9(10)7-8(2)3;1-2(3)4/h8-10H,4-7H2,1-3H3;1H3,(H,3,4)/t9-;/m0./s1. The summed E-state index contributed by atoms with van der Waals surface area (Å²) in [5.74, 6) is -0.202. The van der Waals surface area contributed by atoms with Gasteiger partial charge in [-0.2, -0.15) is 0 Å². The number of aliphatic hydroxyl groups excluding tert-OH is 1. The van der Waals surface area contributed by atoms with Crippen LogP contribution in [-0.2, 0) is 4.79 Å². The molecular formula is C11H24O3. The number of aliphatic carboxylic acids is 1. The molecule has 3 nitrogen and oxygen atoms in total. The molecule has 0 aromatic rings. The van der Waals surface area contributed by atoms with Crippen LogP contribution in [-0.4, -0.2) is 22.3 Å². The fourth-order valence-corrected chi connectivity index (χ4v) is 1.10. The lowest BCUT2D eigenvalue weighted by Gasteiger charge is -2.11. The molecule has 0 unspecified atom stereocenters. The van der Waals surface area contributed by atoms with Gasteiger partial charge in [0.05, 0.1) is 6.10 Å². The van der Waals surface area contributed by atoms with Gasteiger partial charge in [-0.15, -0.1) is 0 Å². The third kappa shape index (κ3) is 22.5. The highest BCUT2D eigenvalue weighted by molar-refractivity contribution is 5.62. The Balaban J connectivity index is 0. The van der Waals surface area contributed by atoms with E-state index >= 15 is 0 Å². The van der Waals surface area contributed by atoms with E-state index in [-0.39, 0.29) is 6.10 Å². The van der Waals surface area contributed by atoms with E-state index < -0.39 is 5.97 Å². The van der Waals surface area contributed by atoms with Crippen LogP contribution in [0, 0.1) is 5.92 Å². The maximum Gasteiger partial charge on any atom is 0.300 e. The number of aliphatic hydroxyl groups is 1. The number of hydrogen-bond acceptors (Lipinski definition) is 2. The Morgan fingerprint density at radius 1 is 1.36 bits per heavy atom. The molecule has 0 radical (unpaired) electrons. The Morgan fingerprint density at radius 2 is 1.79 bits per heavy atom. The minimum absolute atomic E-state index is 0.0556. The minimum Gasteiger partial charge on any atom is -0.481 e. The van der Waals surface area contributed by atoms with Crippen molar-refractivity contribution in [2.24, 2.45) is 5.92 Å². The molecule has 2 N–H and O–H groups in total. The normalized spacial score (nSPS) is 11.9. The molecule has 0 spiro atoms.